The molecule has 15 heavy (non-hydrogen) atoms. The molecule has 76 valence electrons. The summed E-state index contributed by atoms with van der Waals surface area (Å²) in [6.45, 7) is 0. The van der Waals surface area contributed by atoms with Crippen molar-refractivity contribution < 1.29 is 57.0 Å². The Morgan fingerprint density at radius 1 is 1.33 bits per heavy atom. The molecule has 0 aromatic carbocycles. The molecule has 0 saturated heterocycles. The van der Waals surface area contributed by atoms with Gasteiger partial charge in [0.05, 0.1) is 0 Å². The molecule has 0 aliphatic heterocycles. The minimum atomic E-state index is -4.90. The van der Waals surface area contributed by atoms with Gasteiger partial charge in [-0.3, -0.25) is 4.79 Å². The van der Waals surface area contributed by atoms with Gasteiger partial charge in [-0.1, -0.05) is 0 Å². The molecule has 0 atom stereocenters. The van der Waals surface area contributed by atoms with Crippen LogP contribution in [0.1, 0.15) is 16.3 Å². The van der Waals surface area contributed by atoms with Crippen LogP contribution in [0.25, 0.3) is 0 Å². The molecule has 0 aliphatic rings. The van der Waals surface area contributed by atoms with Crippen LogP contribution in [0.4, 0.5) is 13.2 Å². The molecule has 0 saturated carbocycles. The summed E-state index contributed by atoms with van der Waals surface area (Å²) in [6, 6.07) is 0.566. The molecule has 1 heterocycles. The minimum Gasteiger partial charge on any atom is -0.542 e. The molecule has 1 aromatic rings. The van der Waals surface area contributed by atoms with Crippen LogP contribution in [0.2, 0.25) is 0 Å². The summed E-state index contributed by atoms with van der Waals surface area (Å²) in [4.78, 5) is 20.7. The molecule has 0 bridgehead atoms. The molecule has 0 aliphatic carbocycles. The summed E-state index contributed by atoms with van der Waals surface area (Å²) in [5.41, 5.74) is -1.11. The van der Waals surface area contributed by atoms with Crippen molar-refractivity contribution in [2.24, 2.45) is 0 Å². The van der Waals surface area contributed by atoms with Crippen LogP contribution in [0, 0.1) is 0 Å². The molecule has 4 nitrogen and oxygen atoms in total. The Bertz CT molecular complexity index is 423. The maximum Gasteiger partial charge on any atom is 1.00 e. The van der Waals surface area contributed by atoms with Gasteiger partial charge in [0.1, 0.15) is 5.97 Å². The molecular weight excluding hydrogens is 228 g/mol. The molecule has 0 spiro atoms. The third-order valence-electron chi connectivity index (χ3n) is 1.25. The number of carboxylic acids is 1. The maximum absolute atomic E-state index is 12.0. The first-order valence-electron chi connectivity index (χ1n) is 3.24. The number of aromatic carboxylic acids is 1. The molecule has 0 unspecified atom stereocenters. The number of alkyl halides is 3. The molecule has 8 heteroatoms. The number of hydrogen-bond donors (Lipinski definition) is 0. The molecule has 0 N–H and O–H groups in total. The Labute approximate surface area is 103 Å². The zero-order valence-electron chi connectivity index (χ0n) is 7.42. The monoisotopic (exact) mass is 230 g/mol. The number of carbonyl (C=O) groups is 1. The second-order valence-electron chi connectivity index (χ2n) is 2.31. The van der Waals surface area contributed by atoms with E-state index in [1.165, 1.54) is 0 Å². The van der Waals surface area contributed by atoms with Crippen LogP contribution in [0.3, 0.4) is 0 Å². The maximum atomic E-state index is 12.0. The van der Waals surface area contributed by atoms with Gasteiger partial charge in [-0.15, -0.1) is 0 Å². The summed E-state index contributed by atoms with van der Waals surface area (Å²) in [5, 5.41) is 10.1. The predicted molar refractivity (Wildman–Crippen MR) is 34.3 cm³/mol. The van der Waals surface area contributed by atoms with E-state index in [4.69, 9.17) is 0 Å². The smallest absolute Gasteiger partial charge is 0.542 e. The second kappa shape index (κ2) is 4.82. The molecular formula is C7H2F3NaO4. The van der Waals surface area contributed by atoms with Gasteiger partial charge in [0.25, 0.3) is 0 Å². The number of carbonyl (C=O) groups excluding carboxylic acids is 1. The van der Waals surface area contributed by atoms with Crippen LogP contribution in [0.15, 0.2) is 21.3 Å². The fourth-order valence-corrected chi connectivity index (χ4v) is 0.718. The predicted octanol–water partition coefficient (Wildman–Crippen LogP) is -2.97. The van der Waals surface area contributed by atoms with Crippen LogP contribution < -0.4 is 40.1 Å². The van der Waals surface area contributed by atoms with Crippen LogP contribution in [-0.2, 0) is 6.18 Å². The zero-order valence-corrected chi connectivity index (χ0v) is 9.42. The van der Waals surface area contributed by atoms with Gasteiger partial charge >= 0.3 is 35.7 Å². The van der Waals surface area contributed by atoms with Crippen molar-refractivity contribution >= 4 is 5.97 Å². The normalized spacial score (nSPS) is 10.6. The Morgan fingerprint density at radius 3 is 2.27 bits per heavy atom. The van der Waals surface area contributed by atoms with Crippen LogP contribution in [0.5, 0.6) is 0 Å². The summed E-state index contributed by atoms with van der Waals surface area (Å²) in [5.74, 6) is -4.79. The molecule has 1 aromatic heterocycles. The fourth-order valence-electron chi connectivity index (χ4n) is 0.718. The van der Waals surface area contributed by atoms with Crippen molar-refractivity contribution in [2.75, 3.05) is 0 Å². The third-order valence-corrected chi connectivity index (χ3v) is 1.25. The van der Waals surface area contributed by atoms with Gasteiger partial charge in [0, 0.05) is 12.1 Å². The molecule has 0 radical (unpaired) electrons. The largest absolute Gasteiger partial charge is 1.00 e. The molecule has 0 fully saturated rings. The van der Waals surface area contributed by atoms with Crippen molar-refractivity contribution in [2.45, 2.75) is 6.18 Å². The van der Waals surface area contributed by atoms with Gasteiger partial charge in [0.15, 0.2) is 11.2 Å². The van der Waals surface area contributed by atoms with Crippen molar-refractivity contribution in [1.29, 1.82) is 0 Å². The average molecular weight is 230 g/mol. The van der Waals surface area contributed by atoms with E-state index in [0.717, 1.165) is 0 Å². The van der Waals surface area contributed by atoms with E-state index in [2.05, 4.69) is 4.42 Å². The number of hydrogen-bond acceptors (Lipinski definition) is 4. The standard InChI is InChI=1S/C7H3F3O4.Na/c8-7(9,10)5-2-3(11)1-4(14-5)6(12)13;/h1-2H,(H,12,13);/q;+1/p-1. The third kappa shape index (κ3) is 3.69. The first-order valence-corrected chi connectivity index (χ1v) is 3.24. The van der Waals surface area contributed by atoms with Crippen molar-refractivity contribution in [3.63, 3.8) is 0 Å². The Kier molecular flexibility index (Phi) is 4.57. The summed E-state index contributed by atoms with van der Waals surface area (Å²) >= 11 is 0. The van der Waals surface area contributed by atoms with E-state index in [0.29, 0.717) is 6.07 Å². The van der Waals surface area contributed by atoms with Crippen LogP contribution in [-0.4, -0.2) is 5.97 Å². The van der Waals surface area contributed by atoms with Gasteiger partial charge in [-0.2, -0.15) is 13.2 Å². The van der Waals surface area contributed by atoms with E-state index in [1.807, 2.05) is 0 Å². The van der Waals surface area contributed by atoms with E-state index in [9.17, 15) is 27.9 Å². The van der Waals surface area contributed by atoms with E-state index >= 15 is 0 Å². The average Bonchev–Trinajstić information content (AvgIpc) is 2.01. The minimum absolute atomic E-state index is 0. The van der Waals surface area contributed by atoms with Crippen molar-refractivity contribution in [3.05, 3.63) is 33.9 Å². The van der Waals surface area contributed by atoms with Crippen LogP contribution >= 0.6 is 0 Å². The van der Waals surface area contributed by atoms with E-state index in [-0.39, 0.29) is 35.6 Å². The first kappa shape index (κ1) is 14.2. The fraction of sp³-hybridized carbons (Fsp3) is 0.143. The van der Waals surface area contributed by atoms with Gasteiger partial charge in [-0.25, -0.2) is 0 Å². The summed E-state index contributed by atoms with van der Waals surface area (Å²) in [6.07, 6.45) is -4.90. The number of halogens is 3. The topological polar surface area (TPSA) is 70.3 Å². The summed E-state index contributed by atoms with van der Waals surface area (Å²) in [7, 11) is 0. The van der Waals surface area contributed by atoms with Gasteiger partial charge < -0.3 is 14.3 Å². The van der Waals surface area contributed by atoms with Crippen molar-refractivity contribution in [3.8, 4) is 0 Å². The second-order valence-corrected chi connectivity index (χ2v) is 2.31. The van der Waals surface area contributed by atoms with Gasteiger partial charge in [-0.05, 0) is 0 Å². The Balaban J connectivity index is 0.00000196. The quantitative estimate of drug-likeness (QED) is 0.483. The summed E-state index contributed by atoms with van der Waals surface area (Å²) < 4.78 is 39.8. The molecule has 0 amide bonds. The zero-order chi connectivity index (χ0) is 10.9. The van der Waals surface area contributed by atoms with E-state index < -0.39 is 29.1 Å². The first-order chi connectivity index (χ1) is 6.30. The molecule has 1 rings (SSSR count). The van der Waals surface area contributed by atoms with E-state index in [1.54, 1.807) is 0 Å². The number of rotatable bonds is 1. The SMILES string of the molecule is O=C([O-])c1cc(=O)cc(C(F)(F)F)o1.[Na+]. The Hall–Kier alpha value is -0.790. The van der Waals surface area contributed by atoms with Crippen molar-refractivity contribution in [1.82, 2.24) is 0 Å². The van der Waals surface area contributed by atoms with Gasteiger partial charge in [0.2, 0.25) is 5.76 Å². The Morgan fingerprint density at radius 2 is 1.87 bits per heavy atom. The number of carboxylic acid groups (broad SMARTS) is 1.